The van der Waals surface area contributed by atoms with E-state index in [0.717, 1.165) is 12.0 Å². The predicted molar refractivity (Wildman–Crippen MR) is 75.4 cm³/mol. The number of aliphatic hydroxyl groups excluding tert-OH is 1. The summed E-state index contributed by atoms with van der Waals surface area (Å²) in [5.41, 5.74) is 7.59. The summed E-state index contributed by atoms with van der Waals surface area (Å²) in [5, 5.41) is 9.99. The number of hydrogen-bond donors (Lipinski definition) is 2. The quantitative estimate of drug-likeness (QED) is 0.866. The summed E-state index contributed by atoms with van der Waals surface area (Å²) in [6.07, 6.45) is 0.954. The van der Waals surface area contributed by atoms with Gasteiger partial charge in [0.15, 0.2) is 0 Å². The Morgan fingerprint density at radius 2 is 1.89 bits per heavy atom. The minimum Gasteiger partial charge on any atom is -0.391 e. The van der Waals surface area contributed by atoms with Crippen LogP contribution >= 0.6 is 12.4 Å². The maximum absolute atomic E-state index is 13.1. The van der Waals surface area contributed by atoms with E-state index in [4.69, 9.17) is 5.73 Å². The summed E-state index contributed by atoms with van der Waals surface area (Å²) in [4.78, 5) is 0. The van der Waals surface area contributed by atoms with Gasteiger partial charge in [-0.25, -0.2) is 4.39 Å². The van der Waals surface area contributed by atoms with E-state index >= 15 is 0 Å². The van der Waals surface area contributed by atoms with Gasteiger partial charge in [0.2, 0.25) is 0 Å². The third kappa shape index (κ3) is 4.92. The first-order chi connectivity index (χ1) is 7.91. The molecule has 2 atom stereocenters. The summed E-state index contributed by atoms with van der Waals surface area (Å²) >= 11 is 0. The second kappa shape index (κ2) is 7.72. The van der Waals surface area contributed by atoms with Gasteiger partial charge in [0.25, 0.3) is 0 Å². The van der Waals surface area contributed by atoms with Gasteiger partial charge in [0.1, 0.15) is 5.82 Å². The molecule has 0 bridgehead atoms. The Hall–Kier alpha value is -0.640. The highest BCUT2D eigenvalue weighted by Gasteiger charge is 2.19. The molecule has 0 aliphatic heterocycles. The van der Waals surface area contributed by atoms with Gasteiger partial charge in [0, 0.05) is 0 Å². The molecule has 0 unspecified atom stereocenters. The van der Waals surface area contributed by atoms with E-state index in [2.05, 4.69) is 13.8 Å². The van der Waals surface area contributed by atoms with Gasteiger partial charge >= 0.3 is 0 Å². The number of halogens is 2. The standard InChI is InChI=1S/C14H22FNO.ClH/c1-9(2)4-7-13(17)14(16)12-8-11(15)6-5-10(12)3;/h5-6,8-9,13-14,17H,4,7,16H2,1-3H3;1H/t13-,14+;/m0./s1. The molecule has 104 valence electrons. The Balaban J connectivity index is 0.00000289. The number of nitrogens with two attached hydrogens (primary N) is 1. The molecule has 0 fully saturated rings. The zero-order valence-corrected chi connectivity index (χ0v) is 12.0. The van der Waals surface area contributed by atoms with Crippen LogP contribution in [0.4, 0.5) is 4.39 Å². The molecule has 0 aromatic heterocycles. The molecule has 1 aromatic rings. The molecule has 0 aliphatic rings. The molecule has 3 N–H and O–H groups in total. The second-order valence-corrected chi connectivity index (χ2v) is 5.07. The molecule has 1 aromatic carbocycles. The first-order valence-electron chi connectivity index (χ1n) is 6.11. The molecular weight excluding hydrogens is 253 g/mol. The smallest absolute Gasteiger partial charge is 0.123 e. The van der Waals surface area contributed by atoms with Crippen LogP contribution in [0.15, 0.2) is 18.2 Å². The van der Waals surface area contributed by atoms with Crippen molar-refractivity contribution in [2.24, 2.45) is 11.7 Å². The van der Waals surface area contributed by atoms with Crippen LogP contribution in [0.25, 0.3) is 0 Å². The van der Waals surface area contributed by atoms with Crippen LogP contribution in [0, 0.1) is 18.7 Å². The first-order valence-corrected chi connectivity index (χ1v) is 6.11. The Kier molecular flexibility index (Phi) is 7.45. The number of rotatable bonds is 5. The third-order valence-electron chi connectivity index (χ3n) is 3.05. The van der Waals surface area contributed by atoms with E-state index in [-0.39, 0.29) is 18.2 Å². The van der Waals surface area contributed by atoms with E-state index in [1.165, 1.54) is 12.1 Å². The first kappa shape index (κ1) is 17.4. The summed E-state index contributed by atoms with van der Waals surface area (Å²) in [5.74, 6) is 0.225. The van der Waals surface area contributed by atoms with Crippen LogP contribution in [0.5, 0.6) is 0 Å². The van der Waals surface area contributed by atoms with Gasteiger partial charge in [-0.1, -0.05) is 19.9 Å². The molecule has 18 heavy (non-hydrogen) atoms. The maximum atomic E-state index is 13.1. The molecule has 0 saturated carbocycles. The van der Waals surface area contributed by atoms with Crippen LogP contribution in [0.1, 0.15) is 43.9 Å². The maximum Gasteiger partial charge on any atom is 0.123 e. The average Bonchev–Trinajstić information content (AvgIpc) is 2.28. The van der Waals surface area contributed by atoms with Crippen molar-refractivity contribution in [1.82, 2.24) is 0 Å². The van der Waals surface area contributed by atoms with E-state index in [0.29, 0.717) is 17.9 Å². The van der Waals surface area contributed by atoms with E-state index < -0.39 is 12.1 Å². The summed E-state index contributed by atoms with van der Waals surface area (Å²) < 4.78 is 13.1. The van der Waals surface area contributed by atoms with Gasteiger partial charge in [-0.15, -0.1) is 12.4 Å². The molecule has 0 radical (unpaired) electrons. The molecule has 0 saturated heterocycles. The van der Waals surface area contributed by atoms with Gasteiger partial charge in [-0.2, -0.15) is 0 Å². The number of aryl methyl sites for hydroxylation is 1. The minimum atomic E-state index is -0.613. The van der Waals surface area contributed by atoms with Gasteiger partial charge in [-0.05, 0) is 48.9 Å². The van der Waals surface area contributed by atoms with Crippen molar-refractivity contribution in [1.29, 1.82) is 0 Å². The zero-order valence-electron chi connectivity index (χ0n) is 11.2. The number of hydrogen-bond acceptors (Lipinski definition) is 2. The van der Waals surface area contributed by atoms with Crippen LogP contribution in [-0.2, 0) is 0 Å². The van der Waals surface area contributed by atoms with Gasteiger partial charge < -0.3 is 10.8 Å². The molecule has 0 aliphatic carbocycles. The van der Waals surface area contributed by atoms with Crippen molar-refractivity contribution >= 4 is 12.4 Å². The van der Waals surface area contributed by atoms with Crippen molar-refractivity contribution in [3.8, 4) is 0 Å². The third-order valence-corrected chi connectivity index (χ3v) is 3.05. The molecule has 0 spiro atoms. The van der Waals surface area contributed by atoms with Gasteiger partial charge in [0.05, 0.1) is 12.1 Å². The van der Waals surface area contributed by atoms with Crippen LogP contribution < -0.4 is 5.73 Å². The van der Waals surface area contributed by atoms with E-state index in [1.54, 1.807) is 6.07 Å². The largest absolute Gasteiger partial charge is 0.391 e. The Morgan fingerprint density at radius 1 is 1.28 bits per heavy atom. The minimum absolute atomic E-state index is 0. The normalized spacial score (nSPS) is 14.2. The molecular formula is C14H23ClFNO. The SMILES string of the molecule is Cc1ccc(F)cc1[C@@H](N)[C@@H](O)CCC(C)C.Cl. The highest BCUT2D eigenvalue weighted by atomic mass is 35.5. The van der Waals surface area contributed by atoms with E-state index in [9.17, 15) is 9.50 Å². The van der Waals surface area contributed by atoms with Gasteiger partial charge in [-0.3, -0.25) is 0 Å². The fraction of sp³-hybridized carbons (Fsp3) is 0.571. The lowest BCUT2D eigenvalue weighted by Crippen LogP contribution is -2.27. The Labute approximate surface area is 115 Å². The van der Waals surface area contributed by atoms with Crippen molar-refractivity contribution in [2.75, 3.05) is 0 Å². The average molecular weight is 276 g/mol. The lowest BCUT2D eigenvalue weighted by molar-refractivity contribution is 0.128. The molecule has 4 heteroatoms. The predicted octanol–water partition coefficient (Wildman–Crippen LogP) is 3.35. The van der Waals surface area contributed by atoms with Crippen molar-refractivity contribution in [3.05, 3.63) is 35.1 Å². The van der Waals surface area contributed by atoms with Crippen molar-refractivity contribution in [3.63, 3.8) is 0 Å². The monoisotopic (exact) mass is 275 g/mol. The zero-order chi connectivity index (χ0) is 13.0. The van der Waals surface area contributed by atoms with Crippen LogP contribution in [-0.4, -0.2) is 11.2 Å². The number of benzene rings is 1. The number of aliphatic hydroxyl groups is 1. The molecule has 0 heterocycles. The fourth-order valence-corrected chi connectivity index (χ4v) is 1.86. The molecule has 2 nitrogen and oxygen atoms in total. The van der Waals surface area contributed by atoms with Crippen LogP contribution in [0.2, 0.25) is 0 Å². The lowest BCUT2D eigenvalue weighted by Gasteiger charge is -2.21. The highest BCUT2D eigenvalue weighted by Crippen LogP contribution is 2.23. The Morgan fingerprint density at radius 3 is 2.44 bits per heavy atom. The Bertz CT molecular complexity index is 371. The second-order valence-electron chi connectivity index (χ2n) is 5.07. The molecule has 0 amide bonds. The van der Waals surface area contributed by atoms with Crippen molar-refractivity contribution in [2.45, 2.75) is 45.8 Å². The van der Waals surface area contributed by atoms with E-state index in [1.807, 2.05) is 6.92 Å². The summed E-state index contributed by atoms with van der Waals surface area (Å²) in [7, 11) is 0. The highest BCUT2D eigenvalue weighted by molar-refractivity contribution is 5.85. The fourth-order valence-electron chi connectivity index (χ4n) is 1.86. The summed E-state index contributed by atoms with van der Waals surface area (Å²) in [6.45, 7) is 6.08. The summed E-state index contributed by atoms with van der Waals surface area (Å²) in [6, 6.07) is 4.01. The van der Waals surface area contributed by atoms with Crippen LogP contribution in [0.3, 0.4) is 0 Å². The van der Waals surface area contributed by atoms with Crippen molar-refractivity contribution < 1.29 is 9.50 Å². The molecule has 1 rings (SSSR count). The topological polar surface area (TPSA) is 46.2 Å². The lowest BCUT2D eigenvalue weighted by atomic mass is 9.93.